The van der Waals surface area contributed by atoms with Crippen molar-refractivity contribution in [3.63, 3.8) is 0 Å². The maximum atomic E-state index is 14.6. The van der Waals surface area contributed by atoms with Crippen LogP contribution in [0.4, 0.5) is 5.69 Å². The third kappa shape index (κ3) is 2.92. The van der Waals surface area contributed by atoms with Crippen LogP contribution in [0.3, 0.4) is 0 Å². The van der Waals surface area contributed by atoms with E-state index in [-0.39, 0.29) is 17.4 Å². The van der Waals surface area contributed by atoms with E-state index in [2.05, 4.69) is 6.07 Å². The highest BCUT2D eigenvalue weighted by atomic mass is 35.5. The number of nitrogens with zero attached hydrogens (tertiary/aromatic N) is 4. The fraction of sp³-hybridized carbons (Fsp3) is 0.107. The minimum atomic E-state index is -1.48. The topological polar surface area (TPSA) is 97.2 Å². The monoisotopic (exact) mass is 493 g/mol. The van der Waals surface area contributed by atoms with Crippen LogP contribution >= 0.6 is 11.6 Å². The van der Waals surface area contributed by atoms with Crippen LogP contribution in [0.2, 0.25) is 5.02 Å². The minimum absolute atomic E-state index is 0.0572. The first-order chi connectivity index (χ1) is 17.5. The number of rotatable bonds is 3. The molecule has 4 aromatic rings. The number of halogens is 1. The molecule has 1 aromatic heterocycles. The van der Waals surface area contributed by atoms with Gasteiger partial charge < -0.3 is 15.4 Å². The molecule has 0 saturated heterocycles. The van der Waals surface area contributed by atoms with E-state index >= 15 is 0 Å². The fourth-order valence-corrected chi connectivity index (χ4v) is 5.37. The number of carbonyl (C=O) groups excluding carboxylic acids is 1. The molecule has 0 aliphatic carbocycles. The molecule has 36 heavy (non-hydrogen) atoms. The van der Waals surface area contributed by atoms with Gasteiger partial charge >= 0.3 is 0 Å². The van der Waals surface area contributed by atoms with Crippen molar-refractivity contribution in [3.05, 3.63) is 118 Å². The molecule has 3 heterocycles. The summed E-state index contributed by atoms with van der Waals surface area (Å²) in [6.45, 7) is 2.12. The Labute approximate surface area is 212 Å². The normalized spacial score (nSPS) is 18.1. The van der Waals surface area contributed by atoms with Gasteiger partial charge in [-0.2, -0.15) is 10.4 Å². The second-order valence-corrected chi connectivity index (χ2v) is 9.19. The van der Waals surface area contributed by atoms with Crippen molar-refractivity contribution in [2.45, 2.75) is 18.9 Å². The highest BCUT2D eigenvalue weighted by Gasteiger charge is 2.61. The Morgan fingerprint density at radius 2 is 1.75 bits per heavy atom. The van der Waals surface area contributed by atoms with Gasteiger partial charge in [0.1, 0.15) is 17.1 Å². The summed E-state index contributed by atoms with van der Waals surface area (Å²) in [4.78, 5) is 16.2. The molecule has 2 aliphatic rings. The van der Waals surface area contributed by atoms with Crippen LogP contribution in [-0.4, -0.2) is 15.7 Å². The Balaban J connectivity index is 1.62. The number of ether oxygens (including phenoxy) is 1. The summed E-state index contributed by atoms with van der Waals surface area (Å²) in [5, 5.41) is 15.6. The number of hydrogen-bond donors (Lipinski definition) is 1. The first-order valence-electron chi connectivity index (χ1n) is 11.4. The lowest BCUT2D eigenvalue weighted by molar-refractivity contribution is -0.121. The fourth-order valence-electron chi connectivity index (χ4n) is 5.25. The van der Waals surface area contributed by atoms with E-state index in [1.165, 1.54) is 0 Å². The number of nitriles is 1. The number of fused-ring (bicyclic) bond motifs is 4. The number of benzene rings is 3. The lowest BCUT2D eigenvalue weighted by Gasteiger charge is -2.33. The van der Waals surface area contributed by atoms with Gasteiger partial charge in [-0.3, -0.25) is 4.79 Å². The molecule has 0 radical (unpaired) electrons. The molecule has 1 amide bonds. The number of anilines is 1. The van der Waals surface area contributed by atoms with Gasteiger partial charge in [0, 0.05) is 16.3 Å². The van der Waals surface area contributed by atoms with Gasteiger partial charge in [0.15, 0.2) is 0 Å². The molecule has 1 spiro atoms. The Morgan fingerprint density at radius 1 is 1.06 bits per heavy atom. The molecule has 1 atom stereocenters. The van der Waals surface area contributed by atoms with Crippen molar-refractivity contribution < 1.29 is 9.53 Å². The van der Waals surface area contributed by atoms with Crippen LogP contribution in [-0.2, 0) is 16.8 Å². The second-order valence-electron chi connectivity index (χ2n) is 8.75. The molecule has 176 valence electrons. The van der Waals surface area contributed by atoms with Crippen LogP contribution in [0, 0.1) is 18.3 Å². The molecule has 2 N–H and O–H groups in total. The predicted octanol–water partition coefficient (Wildman–Crippen LogP) is 4.75. The maximum Gasteiger partial charge on any atom is 0.248 e. The molecule has 7 nitrogen and oxygen atoms in total. The van der Waals surface area contributed by atoms with Crippen molar-refractivity contribution in [2.75, 3.05) is 4.90 Å². The number of amides is 1. The van der Waals surface area contributed by atoms with Crippen molar-refractivity contribution in [3.8, 4) is 17.6 Å². The molecule has 3 aromatic carbocycles. The Bertz CT molecular complexity index is 1600. The molecule has 0 fully saturated rings. The molecule has 2 aliphatic heterocycles. The zero-order valence-electron chi connectivity index (χ0n) is 19.3. The average molecular weight is 494 g/mol. The van der Waals surface area contributed by atoms with Gasteiger partial charge in [-0.25, -0.2) is 4.68 Å². The first kappa shape index (κ1) is 22.0. The van der Waals surface area contributed by atoms with Crippen molar-refractivity contribution >= 4 is 23.2 Å². The minimum Gasteiger partial charge on any atom is -0.422 e. The van der Waals surface area contributed by atoms with Crippen molar-refractivity contribution in [1.82, 2.24) is 9.78 Å². The summed E-state index contributed by atoms with van der Waals surface area (Å²) in [5.74, 6) is -0.0660. The highest BCUT2D eigenvalue weighted by molar-refractivity contribution is 6.30. The van der Waals surface area contributed by atoms with Gasteiger partial charge in [-0.05, 0) is 42.8 Å². The maximum absolute atomic E-state index is 14.6. The number of para-hydroxylation sites is 2. The third-order valence-corrected chi connectivity index (χ3v) is 7.00. The predicted molar refractivity (Wildman–Crippen MR) is 136 cm³/mol. The molecule has 0 unspecified atom stereocenters. The van der Waals surface area contributed by atoms with E-state index < -0.39 is 5.41 Å². The Morgan fingerprint density at radius 3 is 2.47 bits per heavy atom. The van der Waals surface area contributed by atoms with Gasteiger partial charge in [-0.15, -0.1) is 0 Å². The molecule has 8 heteroatoms. The smallest absolute Gasteiger partial charge is 0.248 e. The molecule has 0 saturated carbocycles. The molecule has 0 bridgehead atoms. The summed E-state index contributed by atoms with van der Waals surface area (Å²) in [6.07, 6.45) is 0. The van der Waals surface area contributed by atoms with Crippen LogP contribution in [0.1, 0.15) is 22.4 Å². The zero-order chi connectivity index (χ0) is 25.0. The van der Waals surface area contributed by atoms with Crippen LogP contribution in [0.15, 0.2) is 90.3 Å². The number of nitrogens with two attached hydrogens (primary N) is 1. The van der Waals surface area contributed by atoms with Crippen LogP contribution in [0.25, 0.3) is 5.69 Å². The number of carbonyl (C=O) groups is 1. The van der Waals surface area contributed by atoms with E-state index in [0.717, 1.165) is 11.3 Å². The number of aromatic nitrogens is 2. The van der Waals surface area contributed by atoms with Gasteiger partial charge in [0.2, 0.25) is 17.7 Å². The summed E-state index contributed by atoms with van der Waals surface area (Å²) in [7, 11) is 0. The number of hydrogen-bond acceptors (Lipinski definition) is 5. The lowest BCUT2D eigenvalue weighted by atomic mass is 9.69. The van der Waals surface area contributed by atoms with E-state index in [1.54, 1.807) is 21.7 Å². The van der Waals surface area contributed by atoms with Gasteiger partial charge in [0.05, 0.1) is 23.5 Å². The quantitative estimate of drug-likeness (QED) is 0.444. The van der Waals surface area contributed by atoms with E-state index in [9.17, 15) is 10.1 Å². The second kappa shape index (κ2) is 8.01. The average Bonchev–Trinajstić information content (AvgIpc) is 3.34. The summed E-state index contributed by atoms with van der Waals surface area (Å²) >= 11 is 6.08. The summed E-state index contributed by atoms with van der Waals surface area (Å²) < 4.78 is 7.64. The van der Waals surface area contributed by atoms with Crippen LogP contribution in [0.5, 0.6) is 5.88 Å². The SMILES string of the molecule is Cc1nn(-c2ccccc2)c2c1[C@]1(C(=O)N(Cc3ccc(Cl)cc3)c3ccccc31)C(C#N)=C(N)O2. The number of aryl methyl sites for hydroxylation is 1. The van der Waals surface area contributed by atoms with Gasteiger partial charge in [-0.1, -0.05) is 60.1 Å². The van der Waals surface area contributed by atoms with Crippen LogP contribution < -0.4 is 15.4 Å². The molecular weight excluding hydrogens is 474 g/mol. The highest BCUT2D eigenvalue weighted by Crippen LogP contribution is 2.56. The van der Waals surface area contributed by atoms with Gasteiger partial charge in [0.25, 0.3) is 0 Å². The summed E-state index contributed by atoms with van der Waals surface area (Å²) in [6, 6.07) is 26.5. The molecular formula is C28H20ClN5O2. The molecule has 6 rings (SSSR count). The largest absolute Gasteiger partial charge is 0.422 e. The van der Waals surface area contributed by atoms with E-state index in [4.69, 9.17) is 27.2 Å². The lowest BCUT2D eigenvalue weighted by Crippen LogP contribution is -2.46. The third-order valence-electron chi connectivity index (χ3n) is 6.75. The van der Waals surface area contributed by atoms with E-state index in [0.29, 0.717) is 40.0 Å². The van der Waals surface area contributed by atoms with E-state index in [1.807, 2.05) is 73.7 Å². The standard InChI is InChI=1S/C28H20ClN5O2/c1-17-24-26(34(32-17)20-7-3-2-4-8-20)36-25(31)22(15-30)28(24)21-9-5-6-10-23(21)33(27(28)35)16-18-11-13-19(29)14-12-18/h2-14H,16,31H2,1H3/t28-/m1/s1. The summed E-state index contributed by atoms with van der Waals surface area (Å²) in [5.41, 5.74) is 9.06. The zero-order valence-corrected chi connectivity index (χ0v) is 20.0. The van der Waals surface area contributed by atoms with Crippen molar-refractivity contribution in [2.24, 2.45) is 5.73 Å². The Kier molecular flexibility index (Phi) is 4.88. The Hall–Kier alpha value is -4.54. The van der Waals surface area contributed by atoms with Crippen molar-refractivity contribution in [1.29, 1.82) is 5.26 Å². The first-order valence-corrected chi connectivity index (χ1v) is 11.7.